The van der Waals surface area contributed by atoms with Gasteiger partial charge >= 0.3 is 11.1 Å². The van der Waals surface area contributed by atoms with Gasteiger partial charge in [0.15, 0.2) is 0 Å². The second-order valence-electron chi connectivity index (χ2n) is 6.44. The maximum atomic E-state index is 14.4. The SMILES string of the molecule is Cc1cc(NSc2cc3[nH]c(=O)c(=O)[nH]c3cc2F)cc(C)c1-c1ccoc1. The second kappa shape index (κ2) is 7.05. The molecule has 8 heteroatoms. The molecule has 142 valence electrons. The zero-order valence-corrected chi connectivity index (χ0v) is 15.9. The number of rotatable bonds is 4. The Morgan fingerprint density at radius 1 is 1.00 bits per heavy atom. The Morgan fingerprint density at radius 2 is 1.64 bits per heavy atom. The van der Waals surface area contributed by atoms with Gasteiger partial charge in [-0.2, -0.15) is 0 Å². The standard InChI is InChI=1S/C20H16FN3O3S/c1-10-5-13(6-11(2)18(10)12-3-4-27-9-12)24-28-17-8-16-15(7-14(17)21)22-19(25)20(26)23-16/h3-9,24H,1-2H3,(H,22,25)(H,23,26). The number of aromatic nitrogens is 2. The average Bonchev–Trinajstić information content (AvgIpc) is 3.15. The zero-order chi connectivity index (χ0) is 19.8. The molecule has 2 aromatic heterocycles. The van der Waals surface area contributed by atoms with Gasteiger partial charge in [-0.05, 0) is 66.8 Å². The van der Waals surface area contributed by atoms with Crippen molar-refractivity contribution in [1.82, 2.24) is 9.97 Å². The fourth-order valence-electron chi connectivity index (χ4n) is 3.20. The number of fused-ring (bicyclic) bond motifs is 1. The van der Waals surface area contributed by atoms with Crippen molar-refractivity contribution >= 4 is 28.7 Å². The third kappa shape index (κ3) is 3.34. The highest BCUT2D eigenvalue weighted by Crippen LogP contribution is 2.33. The molecule has 6 nitrogen and oxygen atoms in total. The summed E-state index contributed by atoms with van der Waals surface area (Å²) < 4.78 is 22.7. The minimum Gasteiger partial charge on any atom is -0.472 e. The predicted octanol–water partition coefficient (Wildman–Crippen LogP) is 4.35. The van der Waals surface area contributed by atoms with Gasteiger partial charge in [0, 0.05) is 17.3 Å². The van der Waals surface area contributed by atoms with Crippen molar-refractivity contribution in [2.45, 2.75) is 18.7 Å². The van der Waals surface area contributed by atoms with Crippen LogP contribution in [0, 0.1) is 19.7 Å². The highest BCUT2D eigenvalue weighted by atomic mass is 32.2. The first-order chi connectivity index (χ1) is 13.4. The summed E-state index contributed by atoms with van der Waals surface area (Å²) in [7, 11) is 0. The highest BCUT2D eigenvalue weighted by Gasteiger charge is 2.11. The van der Waals surface area contributed by atoms with Crippen LogP contribution in [0.15, 0.2) is 61.8 Å². The molecule has 0 atom stereocenters. The van der Waals surface area contributed by atoms with Gasteiger partial charge in [0.2, 0.25) is 0 Å². The van der Waals surface area contributed by atoms with Gasteiger partial charge in [0.05, 0.1) is 28.5 Å². The number of H-pyrrole nitrogens is 2. The Balaban J connectivity index is 1.63. The third-order valence-electron chi connectivity index (χ3n) is 4.40. The third-order valence-corrected chi connectivity index (χ3v) is 5.27. The lowest BCUT2D eigenvalue weighted by Gasteiger charge is -2.13. The number of hydrogen-bond acceptors (Lipinski definition) is 5. The lowest BCUT2D eigenvalue weighted by molar-refractivity contribution is 0.568. The maximum Gasteiger partial charge on any atom is 0.314 e. The molecule has 0 bridgehead atoms. The number of hydrogen-bond donors (Lipinski definition) is 3. The minimum atomic E-state index is -0.811. The molecule has 0 amide bonds. The van der Waals surface area contributed by atoms with Gasteiger partial charge < -0.3 is 19.1 Å². The van der Waals surface area contributed by atoms with E-state index in [0.717, 1.165) is 39.9 Å². The largest absolute Gasteiger partial charge is 0.472 e. The molecule has 0 aliphatic rings. The van der Waals surface area contributed by atoms with Crippen molar-refractivity contribution in [3.8, 4) is 11.1 Å². The summed E-state index contributed by atoms with van der Waals surface area (Å²) >= 11 is 1.09. The van der Waals surface area contributed by atoms with Crippen LogP contribution in [-0.2, 0) is 0 Å². The van der Waals surface area contributed by atoms with Crippen LogP contribution in [0.4, 0.5) is 10.1 Å². The summed E-state index contributed by atoms with van der Waals surface area (Å²) in [5, 5.41) is 0. The van der Waals surface area contributed by atoms with E-state index in [1.165, 1.54) is 12.1 Å². The molecule has 2 aromatic carbocycles. The molecule has 4 rings (SSSR count). The van der Waals surface area contributed by atoms with Gasteiger partial charge in [0.25, 0.3) is 0 Å². The van der Waals surface area contributed by atoms with Gasteiger partial charge in [-0.3, -0.25) is 9.59 Å². The van der Waals surface area contributed by atoms with Gasteiger partial charge in [-0.25, -0.2) is 4.39 Å². The minimum absolute atomic E-state index is 0.239. The molecule has 28 heavy (non-hydrogen) atoms. The van der Waals surface area contributed by atoms with Crippen molar-refractivity contribution in [3.63, 3.8) is 0 Å². The summed E-state index contributed by atoms with van der Waals surface area (Å²) in [6, 6.07) is 8.53. The quantitative estimate of drug-likeness (QED) is 0.352. The van der Waals surface area contributed by atoms with E-state index in [1.807, 2.05) is 32.0 Å². The van der Waals surface area contributed by atoms with E-state index in [4.69, 9.17) is 4.42 Å². The summed E-state index contributed by atoms with van der Waals surface area (Å²) in [6.07, 6.45) is 3.34. The van der Waals surface area contributed by atoms with Gasteiger partial charge in [0.1, 0.15) is 5.82 Å². The van der Waals surface area contributed by atoms with E-state index >= 15 is 0 Å². The maximum absolute atomic E-state index is 14.4. The highest BCUT2D eigenvalue weighted by molar-refractivity contribution is 8.00. The lowest BCUT2D eigenvalue weighted by atomic mass is 9.97. The monoisotopic (exact) mass is 397 g/mol. The molecule has 0 fully saturated rings. The first-order valence-corrected chi connectivity index (χ1v) is 9.26. The molecule has 0 saturated heterocycles. The van der Waals surface area contributed by atoms with Gasteiger partial charge in [-0.1, -0.05) is 0 Å². The smallest absolute Gasteiger partial charge is 0.314 e. The van der Waals surface area contributed by atoms with E-state index < -0.39 is 16.9 Å². The van der Waals surface area contributed by atoms with Crippen LogP contribution in [0.5, 0.6) is 0 Å². The number of halogens is 1. The average molecular weight is 397 g/mol. The fourth-order valence-corrected chi connectivity index (χ4v) is 3.87. The van der Waals surface area contributed by atoms with Crippen LogP contribution in [0.2, 0.25) is 0 Å². The summed E-state index contributed by atoms with van der Waals surface area (Å²) in [6.45, 7) is 4.01. The summed E-state index contributed by atoms with van der Waals surface area (Å²) in [4.78, 5) is 28.0. The molecule has 0 aliphatic heterocycles. The van der Waals surface area contributed by atoms with Crippen molar-refractivity contribution < 1.29 is 8.81 Å². The van der Waals surface area contributed by atoms with Crippen LogP contribution in [0.3, 0.4) is 0 Å². The predicted molar refractivity (Wildman–Crippen MR) is 108 cm³/mol. The van der Waals surface area contributed by atoms with Crippen molar-refractivity contribution in [1.29, 1.82) is 0 Å². The summed E-state index contributed by atoms with van der Waals surface area (Å²) in [5.74, 6) is -0.504. The van der Waals surface area contributed by atoms with Crippen molar-refractivity contribution in [3.05, 3.63) is 80.5 Å². The molecule has 0 saturated carbocycles. The van der Waals surface area contributed by atoms with E-state index in [0.29, 0.717) is 10.4 Å². The topological polar surface area (TPSA) is 90.9 Å². The molecule has 0 spiro atoms. The summed E-state index contributed by atoms with van der Waals surface area (Å²) in [5.41, 5.74) is 4.06. The zero-order valence-electron chi connectivity index (χ0n) is 15.1. The second-order valence-corrected chi connectivity index (χ2v) is 7.29. The molecule has 2 heterocycles. The number of aryl methyl sites for hydroxylation is 2. The first-order valence-electron chi connectivity index (χ1n) is 8.45. The van der Waals surface area contributed by atoms with E-state index in [1.54, 1.807) is 12.5 Å². The van der Waals surface area contributed by atoms with Crippen LogP contribution >= 0.6 is 11.9 Å². The van der Waals surface area contributed by atoms with Crippen molar-refractivity contribution in [2.24, 2.45) is 0 Å². The molecule has 0 unspecified atom stereocenters. The molecular weight excluding hydrogens is 381 g/mol. The molecule has 3 N–H and O–H groups in total. The Hall–Kier alpha value is -3.26. The number of furan rings is 1. The number of benzene rings is 2. The lowest BCUT2D eigenvalue weighted by Crippen LogP contribution is -2.28. The van der Waals surface area contributed by atoms with E-state index in [2.05, 4.69) is 14.7 Å². The Kier molecular flexibility index (Phi) is 4.56. The normalized spacial score (nSPS) is 11.1. The Labute approximate surface area is 162 Å². The van der Waals surface area contributed by atoms with Gasteiger partial charge in [-0.15, -0.1) is 0 Å². The van der Waals surface area contributed by atoms with E-state index in [-0.39, 0.29) is 5.52 Å². The first kappa shape index (κ1) is 18.1. The van der Waals surface area contributed by atoms with Crippen LogP contribution in [0.25, 0.3) is 22.2 Å². The van der Waals surface area contributed by atoms with Crippen LogP contribution in [-0.4, -0.2) is 9.97 Å². The number of aromatic amines is 2. The molecule has 0 aliphatic carbocycles. The Morgan fingerprint density at radius 3 is 2.25 bits per heavy atom. The molecule has 0 radical (unpaired) electrons. The number of anilines is 1. The van der Waals surface area contributed by atoms with Crippen molar-refractivity contribution in [2.75, 3.05) is 4.72 Å². The molecule has 4 aromatic rings. The van der Waals surface area contributed by atoms with Crippen LogP contribution in [0.1, 0.15) is 11.1 Å². The molecular formula is C20H16FN3O3S. The Bertz CT molecular complexity index is 1270. The fraction of sp³-hybridized carbons (Fsp3) is 0.100. The van der Waals surface area contributed by atoms with Crippen LogP contribution < -0.4 is 15.8 Å². The number of nitrogens with one attached hydrogen (secondary N) is 3. The van der Waals surface area contributed by atoms with E-state index in [9.17, 15) is 14.0 Å².